The van der Waals surface area contributed by atoms with E-state index >= 15 is 0 Å². The Morgan fingerprint density at radius 1 is 1.30 bits per heavy atom. The van der Waals surface area contributed by atoms with Crippen molar-refractivity contribution in [3.63, 3.8) is 0 Å². The van der Waals surface area contributed by atoms with Gasteiger partial charge in [0.1, 0.15) is 0 Å². The predicted molar refractivity (Wildman–Crippen MR) is 45.3 cm³/mol. The van der Waals surface area contributed by atoms with Gasteiger partial charge in [0.2, 0.25) is 0 Å². The Morgan fingerprint density at radius 3 is 2.60 bits per heavy atom. The van der Waals surface area contributed by atoms with Crippen LogP contribution in [0.2, 0.25) is 0 Å². The lowest BCUT2D eigenvalue weighted by Gasteiger charge is -2.26. The van der Waals surface area contributed by atoms with Crippen molar-refractivity contribution in [3.05, 3.63) is 0 Å². The lowest BCUT2D eigenvalue weighted by Crippen LogP contribution is -2.22. The van der Waals surface area contributed by atoms with E-state index in [0.29, 0.717) is 11.3 Å². The van der Waals surface area contributed by atoms with E-state index in [9.17, 15) is 0 Å². The average Bonchev–Trinajstić information content (AvgIpc) is 1.94. The third-order valence-electron chi connectivity index (χ3n) is 2.35. The van der Waals surface area contributed by atoms with E-state index in [0.717, 1.165) is 13.0 Å². The Labute approximate surface area is 67.9 Å². The second-order valence-corrected chi connectivity index (χ2v) is 3.70. The molecule has 10 heavy (non-hydrogen) atoms. The highest BCUT2D eigenvalue weighted by Gasteiger charge is 2.21. The summed E-state index contributed by atoms with van der Waals surface area (Å²) in [6.45, 7) is 0.799. The van der Waals surface area contributed by atoms with Crippen molar-refractivity contribution < 1.29 is 0 Å². The average molecular weight is 162 g/mol. The molecule has 60 valence electrons. The summed E-state index contributed by atoms with van der Waals surface area (Å²) >= 11 is 6.11. The van der Waals surface area contributed by atoms with E-state index in [1.165, 1.54) is 25.7 Å². The number of halogens is 1. The Morgan fingerprint density at radius 2 is 2.00 bits per heavy atom. The quantitative estimate of drug-likeness (QED) is 0.617. The second-order valence-electron chi connectivity index (χ2n) is 3.14. The molecule has 0 radical (unpaired) electrons. The Balaban J connectivity index is 2.25. The molecule has 0 aromatic heterocycles. The fourth-order valence-electron chi connectivity index (χ4n) is 1.70. The lowest BCUT2D eigenvalue weighted by atomic mass is 9.86. The lowest BCUT2D eigenvalue weighted by molar-refractivity contribution is 0.350. The highest BCUT2D eigenvalue weighted by atomic mass is 35.5. The minimum absolute atomic E-state index is 0.414. The maximum Gasteiger partial charge on any atom is 0.0364 e. The van der Waals surface area contributed by atoms with Gasteiger partial charge in [-0.25, -0.2) is 0 Å². The smallest absolute Gasteiger partial charge is 0.0364 e. The minimum atomic E-state index is 0.414. The molecule has 1 saturated carbocycles. The Hall–Kier alpha value is 0.250. The van der Waals surface area contributed by atoms with Gasteiger partial charge in [-0.1, -0.05) is 12.8 Å². The number of hydrogen-bond donors (Lipinski definition) is 1. The van der Waals surface area contributed by atoms with E-state index < -0.39 is 0 Å². The van der Waals surface area contributed by atoms with E-state index in [1.54, 1.807) is 0 Å². The summed E-state index contributed by atoms with van der Waals surface area (Å²) in [5, 5.41) is 0.414. The van der Waals surface area contributed by atoms with Gasteiger partial charge in [-0.05, 0) is 31.7 Å². The van der Waals surface area contributed by atoms with Crippen molar-refractivity contribution >= 4 is 11.6 Å². The fourth-order valence-corrected chi connectivity index (χ4v) is 2.11. The van der Waals surface area contributed by atoms with Gasteiger partial charge >= 0.3 is 0 Å². The number of nitrogens with two attached hydrogens (primary N) is 1. The summed E-state index contributed by atoms with van der Waals surface area (Å²) in [5.41, 5.74) is 5.46. The van der Waals surface area contributed by atoms with Gasteiger partial charge in [-0.15, -0.1) is 11.6 Å². The van der Waals surface area contributed by atoms with Crippen LogP contribution >= 0.6 is 11.6 Å². The maximum absolute atomic E-state index is 6.11. The van der Waals surface area contributed by atoms with Crippen LogP contribution in [-0.2, 0) is 0 Å². The van der Waals surface area contributed by atoms with Gasteiger partial charge in [0, 0.05) is 5.38 Å². The molecular weight excluding hydrogens is 146 g/mol. The van der Waals surface area contributed by atoms with E-state index in [4.69, 9.17) is 17.3 Å². The zero-order valence-corrected chi connectivity index (χ0v) is 7.11. The zero-order chi connectivity index (χ0) is 7.40. The van der Waals surface area contributed by atoms with Crippen molar-refractivity contribution in [1.82, 2.24) is 0 Å². The molecule has 0 bridgehead atoms. The molecular formula is C8H16ClN. The molecule has 0 saturated heterocycles. The first-order chi connectivity index (χ1) is 4.84. The van der Waals surface area contributed by atoms with Crippen LogP contribution < -0.4 is 5.73 Å². The highest BCUT2D eigenvalue weighted by molar-refractivity contribution is 6.20. The topological polar surface area (TPSA) is 26.0 Å². The van der Waals surface area contributed by atoms with Crippen LogP contribution in [0.3, 0.4) is 0 Å². The van der Waals surface area contributed by atoms with Crippen LogP contribution in [0.5, 0.6) is 0 Å². The summed E-state index contributed by atoms with van der Waals surface area (Å²) in [6, 6.07) is 0. The molecule has 0 amide bonds. The van der Waals surface area contributed by atoms with Crippen molar-refractivity contribution in [2.45, 2.75) is 37.5 Å². The van der Waals surface area contributed by atoms with Gasteiger partial charge < -0.3 is 5.73 Å². The van der Waals surface area contributed by atoms with Crippen LogP contribution in [0.15, 0.2) is 0 Å². The molecule has 2 N–H and O–H groups in total. The first-order valence-corrected chi connectivity index (χ1v) is 4.62. The van der Waals surface area contributed by atoms with Gasteiger partial charge in [-0.2, -0.15) is 0 Å². The number of hydrogen-bond acceptors (Lipinski definition) is 1. The molecule has 0 spiro atoms. The molecule has 0 heterocycles. The van der Waals surface area contributed by atoms with Crippen molar-refractivity contribution in [2.75, 3.05) is 6.54 Å². The molecule has 1 fully saturated rings. The molecule has 2 heteroatoms. The van der Waals surface area contributed by atoms with E-state index in [1.807, 2.05) is 0 Å². The molecule has 0 aliphatic heterocycles. The van der Waals surface area contributed by atoms with Crippen molar-refractivity contribution in [3.8, 4) is 0 Å². The Bertz CT molecular complexity index is 93.3. The number of alkyl halides is 1. The first-order valence-electron chi connectivity index (χ1n) is 4.18. The standard InChI is InChI=1S/C8H16ClN/c9-8-4-2-1-3-7(8)5-6-10/h7-8H,1-6,10H2/t7-,8+/m0/s1. The van der Waals surface area contributed by atoms with Crippen LogP contribution in [0.25, 0.3) is 0 Å². The largest absolute Gasteiger partial charge is 0.330 e. The van der Waals surface area contributed by atoms with Crippen LogP contribution in [-0.4, -0.2) is 11.9 Å². The molecule has 1 aliphatic rings. The summed E-state index contributed by atoms with van der Waals surface area (Å²) in [4.78, 5) is 0. The zero-order valence-electron chi connectivity index (χ0n) is 6.35. The number of rotatable bonds is 2. The third-order valence-corrected chi connectivity index (χ3v) is 2.93. The van der Waals surface area contributed by atoms with Crippen LogP contribution in [0.4, 0.5) is 0 Å². The molecule has 0 aromatic rings. The van der Waals surface area contributed by atoms with Crippen molar-refractivity contribution in [1.29, 1.82) is 0 Å². The monoisotopic (exact) mass is 161 g/mol. The second kappa shape index (κ2) is 4.20. The summed E-state index contributed by atoms with van der Waals surface area (Å²) in [5.74, 6) is 0.709. The first kappa shape index (κ1) is 8.35. The van der Waals surface area contributed by atoms with Gasteiger partial charge in [0.05, 0.1) is 0 Å². The fraction of sp³-hybridized carbons (Fsp3) is 1.00. The summed E-state index contributed by atoms with van der Waals surface area (Å²) in [7, 11) is 0. The SMILES string of the molecule is NCC[C@@H]1CCCC[C@H]1Cl. The normalized spacial score (nSPS) is 34.2. The van der Waals surface area contributed by atoms with Gasteiger partial charge in [0.15, 0.2) is 0 Å². The highest BCUT2D eigenvalue weighted by Crippen LogP contribution is 2.30. The molecule has 1 rings (SSSR count). The molecule has 0 aromatic carbocycles. The van der Waals surface area contributed by atoms with Crippen molar-refractivity contribution in [2.24, 2.45) is 11.7 Å². The van der Waals surface area contributed by atoms with Gasteiger partial charge in [-0.3, -0.25) is 0 Å². The summed E-state index contributed by atoms with van der Waals surface area (Å²) in [6.07, 6.45) is 6.29. The summed E-state index contributed by atoms with van der Waals surface area (Å²) < 4.78 is 0. The Kier molecular flexibility index (Phi) is 3.50. The molecule has 1 aliphatic carbocycles. The van der Waals surface area contributed by atoms with Gasteiger partial charge in [0.25, 0.3) is 0 Å². The molecule has 0 unspecified atom stereocenters. The van der Waals surface area contributed by atoms with E-state index in [2.05, 4.69) is 0 Å². The molecule has 2 atom stereocenters. The van der Waals surface area contributed by atoms with Crippen LogP contribution in [0, 0.1) is 5.92 Å². The van der Waals surface area contributed by atoms with Crippen LogP contribution in [0.1, 0.15) is 32.1 Å². The molecule has 1 nitrogen and oxygen atoms in total. The predicted octanol–water partition coefficient (Wildman–Crippen LogP) is 2.13. The van der Waals surface area contributed by atoms with E-state index in [-0.39, 0.29) is 0 Å². The minimum Gasteiger partial charge on any atom is -0.330 e. The third kappa shape index (κ3) is 2.14. The maximum atomic E-state index is 6.11.